The molecular formula is C28H33N3O3S. The fourth-order valence-corrected chi connectivity index (χ4v) is 5.25. The van der Waals surface area contributed by atoms with E-state index in [-0.39, 0.29) is 30.6 Å². The Bertz CT molecular complexity index is 1170. The second-order valence-electron chi connectivity index (χ2n) is 9.25. The topological polar surface area (TPSA) is 61.9 Å². The minimum Gasteiger partial charge on any atom is -0.491 e. The van der Waals surface area contributed by atoms with E-state index in [1.807, 2.05) is 81.1 Å². The second-order valence-corrected chi connectivity index (χ2v) is 10.2. The minimum absolute atomic E-state index is 0.00962. The molecule has 1 unspecified atom stereocenters. The Balaban J connectivity index is 1.49. The van der Waals surface area contributed by atoms with Crippen molar-refractivity contribution < 1.29 is 14.3 Å². The fraction of sp³-hybridized carbons (Fsp3) is 0.357. The Kier molecular flexibility index (Phi) is 7.76. The first-order valence-corrected chi connectivity index (χ1v) is 12.9. The van der Waals surface area contributed by atoms with Crippen molar-refractivity contribution in [3.63, 3.8) is 0 Å². The molecule has 1 N–H and O–H groups in total. The molecule has 1 aromatic heterocycles. The van der Waals surface area contributed by atoms with Crippen LogP contribution >= 0.6 is 11.3 Å². The number of thiophene rings is 1. The van der Waals surface area contributed by atoms with Gasteiger partial charge in [0.15, 0.2) is 0 Å². The zero-order valence-corrected chi connectivity index (χ0v) is 21.6. The van der Waals surface area contributed by atoms with Crippen LogP contribution in [0.5, 0.6) is 5.75 Å². The molecule has 0 aliphatic carbocycles. The Morgan fingerprint density at radius 3 is 2.57 bits per heavy atom. The first-order chi connectivity index (χ1) is 16.8. The quantitative estimate of drug-likeness (QED) is 0.454. The summed E-state index contributed by atoms with van der Waals surface area (Å²) in [6.07, 6.45) is 0.816. The van der Waals surface area contributed by atoms with Gasteiger partial charge >= 0.3 is 6.03 Å². The summed E-state index contributed by atoms with van der Waals surface area (Å²) in [5.74, 6) is 0.747. The predicted molar refractivity (Wildman–Crippen MR) is 141 cm³/mol. The van der Waals surface area contributed by atoms with Gasteiger partial charge in [-0.2, -0.15) is 0 Å². The molecule has 1 aliphatic rings. The van der Waals surface area contributed by atoms with Crippen LogP contribution < -0.4 is 10.1 Å². The van der Waals surface area contributed by atoms with Gasteiger partial charge < -0.3 is 19.9 Å². The number of aryl methyl sites for hydroxylation is 2. The first-order valence-electron chi connectivity index (χ1n) is 12.0. The number of hydrogen-bond acceptors (Lipinski definition) is 4. The molecule has 0 spiro atoms. The van der Waals surface area contributed by atoms with Gasteiger partial charge in [0.05, 0.1) is 6.04 Å². The van der Waals surface area contributed by atoms with Gasteiger partial charge in [-0.05, 0) is 74.9 Å². The highest BCUT2D eigenvalue weighted by Crippen LogP contribution is 2.34. The molecule has 1 aliphatic heterocycles. The lowest BCUT2D eigenvalue weighted by Gasteiger charge is -2.37. The summed E-state index contributed by atoms with van der Waals surface area (Å²) in [7, 11) is 0. The molecule has 1 atom stereocenters. The van der Waals surface area contributed by atoms with Crippen LogP contribution in [0.25, 0.3) is 0 Å². The molecule has 184 valence electrons. The Morgan fingerprint density at radius 1 is 1.11 bits per heavy atom. The van der Waals surface area contributed by atoms with Crippen molar-refractivity contribution in [3.05, 3.63) is 81.5 Å². The summed E-state index contributed by atoms with van der Waals surface area (Å²) in [5, 5.41) is 5.01. The van der Waals surface area contributed by atoms with E-state index in [4.69, 9.17) is 4.74 Å². The summed E-state index contributed by atoms with van der Waals surface area (Å²) < 4.78 is 6.19. The van der Waals surface area contributed by atoms with E-state index in [1.165, 1.54) is 4.88 Å². The molecule has 0 bridgehead atoms. The number of hydrogen-bond donors (Lipinski definition) is 1. The van der Waals surface area contributed by atoms with Crippen molar-refractivity contribution in [3.8, 4) is 5.75 Å². The van der Waals surface area contributed by atoms with E-state index in [0.717, 1.165) is 28.9 Å². The van der Waals surface area contributed by atoms with Crippen LogP contribution in [0.4, 0.5) is 10.5 Å². The lowest BCUT2D eigenvalue weighted by atomic mass is 10.00. The fourth-order valence-electron chi connectivity index (χ4n) is 4.32. The number of benzene rings is 2. The van der Waals surface area contributed by atoms with Gasteiger partial charge in [-0.15, -0.1) is 11.3 Å². The molecular weight excluding hydrogens is 458 g/mol. The van der Waals surface area contributed by atoms with Crippen molar-refractivity contribution >= 4 is 29.0 Å². The number of rotatable bonds is 7. The monoisotopic (exact) mass is 491 g/mol. The van der Waals surface area contributed by atoms with Crippen LogP contribution in [-0.2, 0) is 11.2 Å². The van der Waals surface area contributed by atoms with Gasteiger partial charge in [0.2, 0.25) is 5.91 Å². The van der Waals surface area contributed by atoms with E-state index in [0.29, 0.717) is 18.8 Å². The number of carbonyl (C=O) groups is 2. The van der Waals surface area contributed by atoms with E-state index < -0.39 is 0 Å². The highest BCUT2D eigenvalue weighted by molar-refractivity contribution is 7.10. The number of nitrogens with zero attached hydrogens (tertiary/aromatic N) is 2. The van der Waals surface area contributed by atoms with Crippen LogP contribution in [0.2, 0.25) is 0 Å². The number of carbonyl (C=O) groups excluding carboxylic acids is 2. The molecule has 2 aromatic carbocycles. The van der Waals surface area contributed by atoms with Crippen LogP contribution in [0, 0.1) is 13.8 Å². The predicted octanol–water partition coefficient (Wildman–Crippen LogP) is 5.81. The van der Waals surface area contributed by atoms with Crippen LogP contribution in [-0.4, -0.2) is 47.5 Å². The number of nitrogens with one attached hydrogen (secondary N) is 1. The zero-order valence-electron chi connectivity index (χ0n) is 20.8. The van der Waals surface area contributed by atoms with Crippen molar-refractivity contribution in [1.82, 2.24) is 9.80 Å². The number of urea groups is 1. The molecule has 6 nitrogen and oxygen atoms in total. The molecule has 3 amide bonds. The average molecular weight is 492 g/mol. The van der Waals surface area contributed by atoms with Crippen molar-refractivity contribution in [2.75, 3.05) is 25.0 Å². The van der Waals surface area contributed by atoms with E-state index in [2.05, 4.69) is 16.8 Å². The Morgan fingerprint density at radius 2 is 1.86 bits per heavy atom. The summed E-state index contributed by atoms with van der Waals surface area (Å²) in [6, 6.07) is 17.0. The number of amides is 3. The van der Waals surface area contributed by atoms with Crippen molar-refractivity contribution in [2.45, 2.75) is 46.2 Å². The Hall–Kier alpha value is -3.32. The maximum Gasteiger partial charge on any atom is 0.322 e. The van der Waals surface area contributed by atoms with Crippen molar-refractivity contribution in [1.29, 1.82) is 0 Å². The second kappa shape index (κ2) is 11.0. The number of ether oxygens (including phenoxy) is 1. The highest BCUT2D eigenvalue weighted by atomic mass is 32.1. The molecule has 0 saturated heterocycles. The number of fused-ring (bicyclic) bond motifs is 1. The van der Waals surface area contributed by atoms with Gasteiger partial charge in [-0.1, -0.05) is 35.9 Å². The lowest BCUT2D eigenvalue weighted by Crippen LogP contribution is -2.50. The number of para-hydroxylation sites is 1. The standard InChI is InChI=1S/C28H33N3O3S/c1-19(2)31(28(33)29-22-11-9-20(3)10-12-22)17-27(32)30-15-13-26-23(14-16-35-26)24(30)18-34-25-8-6-5-7-21(25)4/h5-12,14,16,19,24H,13,15,17-18H2,1-4H3,(H,29,33). The third kappa shape index (κ3) is 5.85. The summed E-state index contributed by atoms with van der Waals surface area (Å²) in [4.78, 5) is 31.4. The summed E-state index contributed by atoms with van der Waals surface area (Å²) in [6.45, 7) is 8.86. The van der Waals surface area contributed by atoms with Gasteiger partial charge in [0.25, 0.3) is 0 Å². The zero-order chi connectivity index (χ0) is 24.9. The third-order valence-electron chi connectivity index (χ3n) is 6.40. The van der Waals surface area contributed by atoms with Gasteiger partial charge in [-0.3, -0.25) is 4.79 Å². The van der Waals surface area contributed by atoms with Crippen LogP contribution in [0.3, 0.4) is 0 Å². The summed E-state index contributed by atoms with van der Waals surface area (Å²) >= 11 is 1.73. The van der Waals surface area contributed by atoms with Crippen LogP contribution in [0.1, 0.15) is 41.5 Å². The largest absolute Gasteiger partial charge is 0.491 e. The van der Waals surface area contributed by atoms with Gasteiger partial charge in [0.1, 0.15) is 18.9 Å². The molecule has 3 aromatic rings. The molecule has 0 fully saturated rings. The smallest absolute Gasteiger partial charge is 0.322 e. The molecule has 4 rings (SSSR count). The SMILES string of the molecule is Cc1ccc(NC(=O)N(CC(=O)N2CCc3sccc3C2COc2ccccc2C)C(C)C)cc1. The van der Waals surface area contributed by atoms with Crippen LogP contribution in [0.15, 0.2) is 60.0 Å². The van der Waals surface area contributed by atoms with Gasteiger partial charge in [0, 0.05) is 23.2 Å². The first kappa shape index (κ1) is 24.8. The summed E-state index contributed by atoms with van der Waals surface area (Å²) in [5.41, 5.74) is 4.04. The van der Waals surface area contributed by atoms with Gasteiger partial charge in [-0.25, -0.2) is 4.79 Å². The third-order valence-corrected chi connectivity index (χ3v) is 7.39. The van der Waals surface area contributed by atoms with E-state index in [9.17, 15) is 9.59 Å². The lowest BCUT2D eigenvalue weighted by molar-refractivity contribution is -0.135. The molecule has 0 saturated carbocycles. The van der Waals surface area contributed by atoms with E-state index >= 15 is 0 Å². The molecule has 35 heavy (non-hydrogen) atoms. The highest BCUT2D eigenvalue weighted by Gasteiger charge is 2.34. The average Bonchev–Trinajstić information content (AvgIpc) is 3.32. The molecule has 0 radical (unpaired) electrons. The normalized spacial score (nSPS) is 15.0. The van der Waals surface area contributed by atoms with E-state index in [1.54, 1.807) is 16.2 Å². The minimum atomic E-state index is -0.279. The number of anilines is 1. The molecule has 7 heteroatoms. The maximum atomic E-state index is 13.6. The van der Waals surface area contributed by atoms with Crippen molar-refractivity contribution in [2.24, 2.45) is 0 Å². The Labute approximate surface area is 211 Å². The maximum absolute atomic E-state index is 13.6. The molecule has 2 heterocycles.